The minimum absolute atomic E-state index is 0.0249. The number of carbonyl (C=O) groups excluding carboxylic acids is 1. The molecule has 20 heavy (non-hydrogen) atoms. The molecule has 0 unspecified atom stereocenters. The van der Waals surface area contributed by atoms with Gasteiger partial charge >= 0.3 is 5.97 Å². The highest BCUT2D eigenvalue weighted by molar-refractivity contribution is 6.42. The Kier molecular flexibility index (Phi) is 4.47. The number of halogens is 3. The summed E-state index contributed by atoms with van der Waals surface area (Å²) in [5.41, 5.74) is 6.28. The summed E-state index contributed by atoms with van der Waals surface area (Å²) in [6.45, 7) is -0.0752. The largest absolute Gasteiger partial charge is 0.457 e. The average Bonchev–Trinajstić information content (AvgIpc) is 2.43. The van der Waals surface area contributed by atoms with Gasteiger partial charge in [0.1, 0.15) is 12.4 Å². The monoisotopic (exact) mass is 313 g/mol. The summed E-state index contributed by atoms with van der Waals surface area (Å²) < 4.78 is 18.1. The van der Waals surface area contributed by atoms with E-state index in [-0.39, 0.29) is 17.9 Å². The molecular weight excluding hydrogens is 304 g/mol. The normalized spacial score (nSPS) is 10.3. The van der Waals surface area contributed by atoms with E-state index in [1.807, 2.05) is 0 Å². The number of ether oxygens (including phenoxy) is 1. The highest BCUT2D eigenvalue weighted by Gasteiger charge is 2.14. The van der Waals surface area contributed by atoms with Gasteiger partial charge in [-0.25, -0.2) is 9.18 Å². The molecule has 0 fully saturated rings. The molecule has 0 aromatic heterocycles. The quantitative estimate of drug-likeness (QED) is 0.686. The van der Waals surface area contributed by atoms with Crippen LogP contribution in [0.2, 0.25) is 10.0 Å². The van der Waals surface area contributed by atoms with Crippen molar-refractivity contribution in [3.63, 3.8) is 0 Å². The van der Waals surface area contributed by atoms with E-state index in [0.29, 0.717) is 15.6 Å². The third-order valence-corrected chi connectivity index (χ3v) is 3.48. The molecule has 0 saturated heterocycles. The molecule has 2 N–H and O–H groups in total. The molecule has 0 aliphatic carbocycles. The lowest BCUT2D eigenvalue weighted by Gasteiger charge is -2.09. The van der Waals surface area contributed by atoms with Crippen LogP contribution in [0, 0.1) is 5.82 Å². The summed E-state index contributed by atoms with van der Waals surface area (Å²) in [4.78, 5) is 11.8. The molecule has 6 heteroatoms. The van der Waals surface area contributed by atoms with Gasteiger partial charge in [0.25, 0.3) is 0 Å². The smallest absolute Gasteiger partial charge is 0.340 e. The van der Waals surface area contributed by atoms with Gasteiger partial charge in [-0.1, -0.05) is 35.3 Å². The Morgan fingerprint density at radius 3 is 2.75 bits per heavy atom. The maximum atomic E-state index is 13.1. The van der Waals surface area contributed by atoms with Gasteiger partial charge in [-0.3, -0.25) is 0 Å². The fourth-order valence-corrected chi connectivity index (χ4v) is 1.96. The molecule has 0 aliphatic rings. The van der Waals surface area contributed by atoms with Gasteiger partial charge < -0.3 is 10.5 Å². The minimum Gasteiger partial charge on any atom is -0.457 e. The fraction of sp³-hybridized carbons (Fsp3) is 0.0714. The Morgan fingerprint density at radius 2 is 2.00 bits per heavy atom. The van der Waals surface area contributed by atoms with Crippen molar-refractivity contribution in [2.24, 2.45) is 0 Å². The number of hydrogen-bond donors (Lipinski definition) is 1. The molecule has 2 aromatic carbocycles. The first-order valence-corrected chi connectivity index (χ1v) is 6.39. The summed E-state index contributed by atoms with van der Waals surface area (Å²) in [6, 6.07) is 8.49. The third kappa shape index (κ3) is 3.21. The average molecular weight is 314 g/mol. The zero-order chi connectivity index (χ0) is 14.7. The van der Waals surface area contributed by atoms with Crippen molar-refractivity contribution in [2.45, 2.75) is 6.61 Å². The Labute approximate surface area is 125 Å². The summed E-state index contributed by atoms with van der Waals surface area (Å²) >= 11 is 11.8. The molecule has 0 aliphatic heterocycles. The molecule has 0 radical (unpaired) electrons. The summed E-state index contributed by atoms with van der Waals surface area (Å²) in [5.74, 6) is -1.29. The molecule has 2 aromatic rings. The van der Waals surface area contributed by atoms with Crippen LogP contribution < -0.4 is 5.73 Å². The molecular formula is C14H10Cl2FNO2. The number of nitrogens with two attached hydrogens (primary N) is 1. The molecule has 0 amide bonds. The maximum Gasteiger partial charge on any atom is 0.340 e. The maximum absolute atomic E-state index is 13.1. The zero-order valence-corrected chi connectivity index (χ0v) is 11.7. The van der Waals surface area contributed by atoms with Crippen molar-refractivity contribution in [1.29, 1.82) is 0 Å². The lowest BCUT2D eigenvalue weighted by atomic mass is 10.2. The third-order valence-electron chi connectivity index (χ3n) is 2.63. The van der Waals surface area contributed by atoms with Crippen molar-refractivity contribution in [1.82, 2.24) is 0 Å². The van der Waals surface area contributed by atoms with E-state index in [2.05, 4.69) is 0 Å². The first-order chi connectivity index (χ1) is 9.49. The van der Waals surface area contributed by atoms with Gasteiger partial charge in [0.2, 0.25) is 0 Å². The second-order valence-electron chi connectivity index (χ2n) is 4.02. The van der Waals surface area contributed by atoms with E-state index in [1.165, 1.54) is 12.1 Å². The molecule has 3 nitrogen and oxygen atoms in total. The van der Waals surface area contributed by atoms with E-state index >= 15 is 0 Å². The number of hydrogen-bond acceptors (Lipinski definition) is 3. The SMILES string of the molecule is Nc1ccc(F)cc1C(=O)OCc1cccc(Cl)c1Cl. The van der Waals surface area contributed by atoms with E-state index in [0.717, 1.165) is 6.07 Å². The summed E-state index contributed by atoms with van der Waals surface area (Å²) in [7, 11) is 0. The summed E-state index contributed by atoms with van der Waals surface area (Å²) in [6.07, 6.45) is 0. The van der Waals surface area contributed by atoms with Crippen LogP contribution in [-0.2, 0) is 11.3 Å². The van der Waals surface area contributed by atoms with Crippen LogP contribution in [0.25, 0.3) is 0 Å². The Balaban J connectivity index is 2.13. The van der Waals surface area contributed by atoms with Crippen LogP contribution in [0.3, 0.4) is 0 Å². The molecule has 0 saturated carbocycles. The second kappa shape index (κ2) is 6.11. The first kappa shape index (κ1) is 14.6. The predicted octanol–water partition coefficient (Wildman–Crippen LogP) is 4.07. The number of anilines is 1. The molecule has 0 spiro atoms. The highest BCUT2D eigenvalue weighted by atomic mass is 35.5. The molecule has 0 heterocycles. The van der Waals surface area contributed by atoms with Crippen LogP contribution in [-0.4, -0.2) is 5.97 Å². The Hall–Kier alpha value is -1.78. The highest BCUT2D eigenvalue weighted by Crippen LogP contribution is 2.26. The lowest BCUT2D eigenvalue weighted by Crippen LogP contribution is -2.09. The van der Waals surface area contributed by atoms with Gasteiger partial charge in [-0.15, -0.1) is 0 Å². The van der Waals surface area contributed by atoms with Crippen molar-refractivity contribution >= 4 is 34.9 Å². The van der Waals surface area contributed by atoms with Crippen molar-refractivity contribution in [3.05, 3.63) is 63.4 Å². The number of rotatable bonds is 3. The predicted molar refractivity (Wildman–Crippen MR) is 76.4 cm³/mol. The van der Waals surface area contributed by atoms with Crippen LogP contribution in [0.4, 0.5) is 10.1 Å². The Bertz CT molecular complexity index is 662. The standard InChI is InChI=1S/C14H10Cl2FNO2/c15-11-3-1-2-8(13(11)16)7-20-14(19)10-6-9(17)4-5-12(10)18/h1-6H,7,18H2. The Morgan fingerprint density at radius 1 is 1.25 bits per heavy atom. The van der Waals surface area contributed by atoms with E-state index in [4.69, 9.17) is 33.7 Å². The first-order valence-electron chi connectivity index (χ1n) is 5.64. The summed E-state index contributed by atoms with van der Waals surface area (Å²) in [5, 5.41) is 0.680. The zero-order valence-electron chi connectivity index (χ0n) is 10.2. The molecule has 104 valence electrons. The molecule has 2 rings (SSSR count). The second-order valence-corrected chi connectivity index (χ2v) is 4.81. The van der Waals surface area contributed by atoms with Crippen molar-refractivity contribution in [3.8, 4) is 0 Å². The van der Waals surface area contributed by atoms with Gasteiger partial charge in [-0.05, 0) is 24.3 Å². The molecule has 0 bridgehead atoms. The van der Waals surface area contributed by atoms with Crippen molar-refractivity contribution < 1.29 is 13.9 Å². The lowest BCUT2D eigenvalue weighted by molar-refractivity contribution is 0.0473. The van der Waals surface area contributed by atoms with Gasteiger partial charge in [-0.2, -0.15) is 0 Å². The fourth-order valence-electron chi connectivity index (χ4n) is 1.59. The molecule has 0 atom stereocenters. The van der Waals surface area contributed by atoms with Crippen LogP contribution >= 0.6 is 23.2 Å². The van der Waals surface area contributed by atoms with Crippen LogP contribution in [0.1, 0.15) is 15.9 Å². The topological polar surface area (TPSA) is 52.3 Å². The number of nitrogen functional groups attached to an aromatic ring is 1. The van der Waals surface area contributed by atoms with E-state index in [9.17, 15) is 9.18 Å². The van der Waals surface area contributed by atoms with E-state index in [1.54, 1.807) is 18.2 Å². The van der Waals surface area contributed by atoms with Crippen LogP contribution in [0.5, 0.6) is 0 Å². The number of benzene rings is 2. The number of carbonyl (C=O) groups is 1. The minimum atomic E-state index is -0.724. The van der Waals surface area contributed by atoms with E-state index < -0.39 is 11.8 Å². The van der Waals surface area contributed by atoms with Gasteiger partial charge in [0.05, 0.1) is 15.6 Å². The number of esters is 1. The van der Waals surface area contributed by atoms with Gasteiger partial charge in [0, 0.05) is 11.3 Å². The van der Waals surface area contributed by atoms with Crippen LogP contribution in [0.15, 0.2) is 36.4 Å². The van der Waals surface area contributed by atoms with Gasteiger partial charge in [0.15, 0.2) is 0 Å². The van der Waals surface area contributed by atoms with Crippen molar-refractivity contribution in [2.75, 3.05) is 5.73 Å².